The standard InChI is InChI=1S/C35H51NOS/c1-3-5-7-9-11-13-15-17-19-30-20-22-32(23-21-30)35-36-34(29-38-35)31-24-26-33(27-25-31)37-28-18-16-14-12-10-8-6-4-2/h20-27,29H,3-19,28H2,1-2H3. The van der Waals surface area contributed by atoms with Crippen LogP contribution in [0.3, 0.4) is 0 Å². The van der Waals surface area contributed by atoms with Crippen LogP contribution in [0.1, 0.15) is 122 Å². The maximum atomic E-state index is 5.97. The first-order valence-corrected chi connectivity index (χ1v) is 16.5. The van der Waals surface area contributed by atoms with E-state index in [1.807, 2.05) is 0 Å². The summed E-state index contributed by atoms with van der Waals surface area (Å²) in [6.45, 7) is 5.37. The predicted octanol–water partition coefficient (Wildman–Crippen LogP) is 11.7. The van der Waals surface area contributed by atoms with Gasteiger partial charge in [-0.2, -0.15) is 0 Å². The van der Waals surface area contributed by atoms with Gasteiger partial charge < -0.3 is 4.74 Å². The number of aryl methyl sites for hydroxylation is 1. The summed E-state index contributed by atoms with van der Waals surface area (Å²) in [4.78, 5) is 4.93. The first kappa shape index (κ1) is 30.4. The van der Waals surface area contributed by atoms with Gasteiger partial charge in [0.15, 0.2) is 0 Å². The third-order valence-corrected chi connectivity index (χ3v) is 8.33. The number of unbranched alkanes of at least 4 members (excludes halogenated alkanes) is 14. The van der Waals surface area contributed by atoms with Gasteiger partial charge in [-0.1, -0.05) is 128 Å². The monoisotopic (exact) mass is 533 g/mol. The molecule has 208 valence electrons. The fourth-order valence-electron chi connectivity index (χ4n) is 4.96. The van der Waals surface area contributed by atoms with E-state index < -0.39 is 0 Å². The topological polar surface area (TPSA) is 22.1 Å². The molecule has 0 radical (unpaired) electrons. The zero-order chi connectivity index (χ0) is 26.7. The fourth-order valence-corrected chi connectivity index (χ4v) is 5.80. The lowest BCUT2D eigenvalue weighted by Gasteiger charge is -2.07. The van der Waals surface area contributed by atoms with E-state index >= 15 is 0 Å². The SMILES string of the molecule is CCCCCCCCCCOc1ccc(-c2csc(-c3ccc(CCCCCCCCCC)cc3)n2)cc1. The van der Waals surface area contributed by atoms with E-state index in [2.05, 4.69) is 67.8 Å². The summed E-state index contributed by atoms with van der Waals surface area (Å²) in [6.07, 6.45) is 22.8. The second kappa shape index (κ2) is 19.0. The van der Waals surface area contributed by atoms with Crippen molar-refractivity contribution in [1.82, 2.24) is 4.98 Å². The molecule has 0 N–H and O–H groups in total. The van der Waals surface area contributed by atoms with Crippen molar-refractivity contribution in [3.63, 3.8) is 0 Å². The largest absolute Gasteiger partial charge is 0.494 e. The van der Waals surface area contributed by atoms with E-state index in [0.717, 1.165) is 35.0 Å². The Morgan fingerprint density at radius 2 is 1.11 bits per heavy atom. The first-order valence-electron chi connectivity index (χ1n) is 15.6. The van der Waals surface area contributed by atoms with Crippen molar-refractivity contribution in [3.05, 3.63) is 59.5 Å². The average Bonchev–Trinajstić information content (AvgIpc) is 3.45. The predicted molar refractivity (Wildman–Crippen MR) is 167 cm³/mol. The molecule has 0 atom stereocenters. The molecule has 0 aliphatic heterocycles. The van der Waals surface area contributed by atoms with E-state index in [1.165, 1.54) is 114 Å². The zero-order valence-corrected chi connectivity index (χ0v) is 25.0. The van der Waals surface area contributed by atoms with Crippen molar-refractivity contribution in [2.24, 2.45) is 0 Å². The molecule has 3 aromatic rings. The maximum absolute atomic E-state index is 5.97. The van der Waals surface area contributed by atoms with Gasteiger partial charge in [0.25, 0.3) is 0 Å². The number of hydrogen-bond acceptors (Lipinski definition) is 3. The normalized spacial score (nSPS) is 11.2. The molecule has 3 rings (SSSR count). The van der Waals surface area contributed by atoms with Crippen molar-refractivity contribution >= 4 is 11.3 Å². The molecule has 3 heteroatoms. The Kier molecular flexibility index (Phi) is 15.2. The van der Waals surface area contributed by atoms with Crippen LogP contribution in [0, 0.1) is 0 Å². The van der Waals surface area contributed by atoms with Gasteiger partial charge in [0, 0.05) is 16.5 Å². The number of rotatable bonds is 21. The zero-order valence-electron chi connectivity index (χ0n) is 24.2. The highest BCUT2D eigenvalue weighted by atomic mass is 32.1. The Balaban J connectivity index is 1.35. The van der Waals surface area contributed by atoms with Crippen molar-refractivity contribution in [1.29, 1.82) is 0 Å². The summed E-state index contributed by atoms with van der Waals surface area (Å²) in [7, 11) is 0. The number of hydrogen-bond donors (Lipinski definition) is 0. The molecular formula is C35H51NOS. The van der Waals surface area contributed by atoms with E-state index in [1.54, 1.807) is 11.3 Å². The van der Waals surface area contributed by atoms with Gasteiger partial charge >= 0.3 is 0 Å². The van der Waals surface area contributed by atoms with Crippen molar-refractivity contribution in [3.8, 4) is 27.6 Å². The molecule has 0 amide bonds. The van der Waals surface area contributed by atoms with Crippen LogP contribution in [0.2, 0.25) is 0 Å². The van der Waals surface area contributed by atoms with Crippen LogP contribution in [0.5, 0.6) is 5.75 Å². The molecule has 2 aromatic carbocycles. The van der Waals surface area contributed by atoms with Crippen LogP contribution < -0.4 is 4.74 Å². The average molecular weight is 534 g/mol. The number of aromatic nitrogens is 1. The fraction of sp³-hybridized carbons (Fsp3) is 0.571. The van der Waals surface area contributed by atoms with Crippen LogP contribution >= 0.6 is 11.3 Å². The van der Waals surface area contributed by atoms with Gasteiger partial charge in [-0.25, -0.2) is 4.98 Å². The smallest absolute Gasteiger partial charge is 0.124 e. The van der Waals surface area contributed by atoms with Crippen molar-refractivity contribution in [2.45, 2.75) is 123 Å². The van der Waals surface area contributed by atoms with Gasteiger partial charge in [-0.3, -0.25) is 0 Å². The minimum absolute atomic E-state index is 0.810. The van der Waals surface area contributed by atoms with E-state index in [-0.39, 0.29) is 0 Å². The molecule has 2 nitrogen and oxygen atoms in total. The van der Waals surface area contributed by atoms with Gasteiger partial charge in [0.05, 0.1) is 12.3 Å². The van der Waals surface area contributed by atoms with Gasteiger partial charge in [0.2, 0.25) is 0 Å². The Bertz CT molecular complexity index is 976. The molecule has 0 fully saturated rings. The van der Waals surface area contributed by atoms with Gasteiger partial charge in [-0.15, -0.1) is 11.3 Å². The third kappa shape index (κ3) is 11.7. The minimum Gasteiger partial charge on any atom is -0.494 e. The van der Waals surface area contributed by atoms with E-state index in [4.69, 9.17) is 9.72 Å². The molecule has 0 saturated carbocycles. The van der Waals surface area contributed by atoms with E-state index in [0.29, 0.717) is 0 Å². The summed E-state index contributed by atoms with van der Waals surface area (Å²) in [6, 6.07) is 17.5. The second-order valence-corrected chi connectivity index (χ2v) is 11.7. The number of nitrogens with zero attached hydrogens (tertiary/aromatic N) is 1. The van der Waals surface area contributed by atoms with Crippen LogP contribution in [0.15, 0.2) is 53.9 Å². The van der Waals surface area contributed by atoms with Crippen molar-refractivity contribution < 1.29 is 4.74 Å². The molecule has 0 aliphatic rings. The highest BCUT2D eigenvalue weighted by Gasteiger charge is 2.08. The summed E-state index contributed by atoms with van der Waals surface area (Å²) in [5.41, 5.74) is 4.85. The molecule has 0 bridgehead atoms. The van der Waals surface area contributed by atoms with Gasteiger partial charge in [0.1, 0.15) is 10.8 Å². The minimum atomic E-state index is 0.810. The Morgan fingerprint density at radius 3 is 1.71 bits per heavy atom. The summed E-state index contributed by atoms with van der Waals surface area (Å²) >= 11 is 1.73. The second-order valence-electron chi connectivity index (χ2n) is 10.8. The highest BCUT2D eigenvalue weighted by molar-refractivity contribution is 7.13. The van der Waals surface area contributed by atoms with Crippen molar-refractivity contribution in [2.75, 3.05) is 6.61 Å². The lowest BCUT2D eigenvalue weighted by atomic mass is 10.0. The number of benzene rings is 2. The molecule has 1 aromatic heterocycles. The first-order chi connectivity index (χ1) is 18.8. The van der Waals surface area contributed by atoms with E-state index in [9.17, 15) is 0 Å². The van der Waals surface area contributed by atoms with Crippen LogP contribution in [-0.2, 0) is 6.42 Å². The molecule has 0 saturated heterocycles. The summed E-state index contributed by atoms with van der Waals surface area (Å²) in [5, 5.41) is 3.26. The number of thiazole rings is 1. The summed E-state index contributed by atoms with van der Waals surface area (Å²) < 4.78 is 5.97. The quantitative estimate of drug-likeness (QED) is 0.127. The van der Waals surface area contributed by atoms with Crippen LogP contribution in [0.4, 0.5) is 0 Å². The Morgan fingerprint density at radius 1 is 0.579 bits per heavy atom. The van der Waals surface area contributed by atoms with Crippen LogP contribution in [0.25, 0.3) is 21.8 Å². The lowest BCUT2D eigenvalue weighted by molar-refractivity contribution is 0.304. The lowest BCUT2D eigenvalue weighted by Crippen LogP contribution is -1.97. The van der Waals surface area contributed by atoms with Crippen LogP contribution in [-0.4, -0.2) is 11.6 Å². The third-order valence-electron chi connectivity index (χ3n) is 7.44. The highest BCUT2D eigenvalue weighted by Crippen LogP contribution is 2.30. The maximum Gasteiger partial charge on any atom is 0.124 e. The van der Waals surface area contributed by atoms with Gasteiger partial charge in [-0.05, 0) is 49.1 Å². The number of ether oxygens (including phenoxy) is 1. The Labute approximate surface area is 237 Å². The Hall–Kier alpha value is -2.13. The molecule has 1 heterocycles. The molecular weight excluding hydrogens is 482 g/mol. The molecule has 0 unspecified atom stereocenters. The molecule has 38 heavy (non-hydrogen) atoms. The molecule has 0 aliphatic carbocycles. The molecule has 0 spiro atoms. The summed E-state index contributed by atoms with van der Waals surface area (Å²) in [5.74, 6) is 0.958.